The Morgan fingerprint density at radius 1 is 0.871 bits per heavy atom. The molecule has 0 amide bonds. The molecular weight excluding hydrogens is 438 g/mol. The molecule has 0 aliphatic rings. The fourth-order valence-corrected chi connectivity index (χ4v) is 3.40. The van der Waals surface area contributed by atoms with Crippen molar-refractivity contribution in [2.75, 3.05) is 5.73 Å². The first kappa shape index (κ1) is 21.3. The first-order valence-corrected chi connectivity index (χ1v) is 9.44. The Balaban J connectivity index is 2.25. The van der Waals surface area contributed by atoms with Gasteiger partial charge in [0.15, 0.2) is 5.75 Å². The third-order valence-electron chi connectivity index (χ3n) is 4.08. The van der Waals surface area contributed by atoms with Crippen LogP contribution < -0.4 is 5.73 Å². The van der Waals surface area contributed by atoms with Gasteiger partial charge in [-0.1, -0.05) is 0 Å². The number of nitrogens with zero attached hydrogens (tertiary/aromatic N) is 4. The predicted molar refractivity (Wildman–Crippen MR) is 105 cm³/mol. The van der Waals surface area contributed by atoms with Crippen LogP contribution in [0.25, 0.3) is 10.8 Å². The normalized spacial score (nSPS) is 11.8. The van der Waals surface area contributed by atoms with Crippen LogP contribution >= 0.6 is 0 Å². The van der Waals surface area contributed by atoms with E-state index in [1.165, 1.54) is 18.2 Å². The summed E-state index contributed by atoms with van der Waals surface area (Å²) in [6, 6.07) is 5.74. The summed E-state index contributed by atoms with van der Waals surface area (Å²) < 4.78 is 33.0. The Hall–Kier alpha value is -4.37. The van der Waals surface area contributed by atoms with Gasteiger partial charge >= 0.3 is 5.69 Å². The van der Waals surface area contributed by atoms with Crippen LogP contribution in [0.5, 0.6) is 11.5 Å². The Bertz CT molecular complexity index is 1400. The van der Waals surface area contributed by atoms with Crippen LogP contribution in [0.15, 0.2) is 51.5 Å². The van der Waals surface area contributed by atoms with E-state index in [0.717, 1.165) is 6.07 Å². The van der Waals surface area contributed by atoms with Crippen LogP contribution in [-0.2, 0) is 10.1 Å². The van der Waals surface area contributed by atoms with Crippen LogP contribution in [0.3, 0.4) is 0 Å². The number of hydrogen-bond acceptors (Lipinski definition) is 11. The number of nitro groups is 2. The minimum absolute atomic E-state index is 0.0764. The summed E-state index contributed by atoms with van der Waals surface area (Å²) in [5.41, 5.74) is 2.77. The lowest BCUT2D eigenvalue weighted by Crippen LogP contribution is -2.00. The van der Waals surface area contributed by atoms with E-state index in [9.17, 15) is 43.4 Å². The van der Waals surface area contributed by atoms with Gasteiger partial charge in [0.1, 0.15) is 16.3 Å². The largest absolute Gasteiger partial charge is 0.505 e. The third-order valence-corrected chi connectivity index (χ3v) is 4.97. The molecule has 0 unspecified atom stereocenters. The molecule has 0 saturated heterocycles. The highest BCUT2D eigenvalue weighted by atomic mass is 32.2. The molecule has 160 valence electrons. The molecule has 0 spiro atoms. The zero-order valence-corrected chi connectivity index (χ0v) is 15.8. The molecule has 0 aromatic heterocycles. The topological polar surface area (TPSA) is 232 Å². The van der Waals surface area contributed by atoms with Gasteiger partial charge < -0.3 is 15.9 Å². The number of nitro benzene ring substituents is 2. The Morgan fingerprint density at radius 3 is 2.03 bits per heavy atom. The van der Waals surface area contributed by atoms with Crippen molar-refractivity contribution in [3.63, 3.8) is 0 Å². The molecule has 31 heavy (non-hydrogen) atoms. The Labute approximate surface area is 171 Å². The number of phenolic OH excluding ortho intramolecular Hbond substituents is 2. The molecule has 0 saturated carbocycles. The van der Waals surface area contributed by atoms with Gasteiger partial charge in [0.2, 0.25) is 5.75 Å². The predicted octanol–water partition coefficient (Wildman–Crippen LogP) is 3.31. The van der Waals surface area contributed by atoms with Crippen molar-refractivity contribution in [2.45, 2.75) is 4.90 Å². The molecule has 0 bridgehead atoms. The first-order valence-electron chi connectivity index (χ1n) is 8.00. The van der Waals surface area contributed by atoms with Crippen LogP contribution in [0, 0.1) is 20.2 Å². The lowest BCUT2D eigenvalue weighted by atomic mass is 10.1. The zero-order chi connectivity index (χ0) is 23.1. The number of nitrogens with two attached hydrogens (primary N) is 1. The zero-order valence-electron chi connectivity index (χ0n) is 15.0. The summed E-state index contributed by atoms with van der Waals surface area (Å²) >= 11 is 0. The number of azo groups is 1. The first-order chi connectivity index (χ1) is 14.4. The fraction of sp³-hybridized carbons (Fsp3) is 0. The van der Waals surface area contributed by atoms with Crippen LogP contribution in [0.4, 0.5) is 28.4 Å². The number of anilines is 1. The van der Waals surface area contributed by atoms with Crippen LogP contribution in [0.2, 0.25) is 0 Å². The van der Waals surface area contributed by atoms with E-state index in [4.69, 9.17) is 5.73 Å². The maximum absolute atomic E-state index is 11.8. The van der Waals surface area contributed by atoms with E-state index < -0.39 is 59.1 Å². The van der Waals surface area contributed by atoms with Crippen molar-refractivity contribution >= 4 is 49.3 Å². The summed E-state index contributed by atoms with van der Waals surface area (Å²) in [6.45, 7) is 0. The van der Waals surface area contributed by atoms with Gasteiger partial charge in [0.25, 0.3) is 15.8 Å². The molecule has 0 heterocycles. The van der Waals surface area contributed by atoms with Crippen molar-refractivity contribution in [2.24, 2.45) is 10.2 Å². The average Bonchev–Trinajstić information content (AvgIpc) is 2.66. The van der Waals surface area contributed by atoms with Gasteiger partial charge in [0, 0.05) is 22.5 Å². The van der Waals surface area contributed by atoms with Gasteiger partial charge in [-0.05, 0) is 24.3 Å². The second-order valence-electron chi connectivity index (χ2n) is 6.07. The molecule has 15 heteroatoms. The standard InChI is InChI=1S/C16H11N5O9S/c17-7-1-2-9-10(3-7)14(31(28,29)30)6-12(15(9)22)19-18-11-4-8(20(24)25)5-13(16(11)23)21(26)27/h1-6,22-23H,17H2,(H,28,29,30). The Morgan fingerprint density at radius 2 is 1.48 bits per heavy atom. The molecule has 3 rings (SSSR count). The summed E-state index contributed by atoms with van der Waals surface area (Å²) in [7, 11) is -4.81. The Kier molecular flexibility index (Phi) is 5.14. The molecule has 0 aliphatic carbocycles. The molecule has 0 atom stereocenters. The number of hydrogen-bond donors (Lipinski definition) is 4. The van der Waals surface area contributed by atoms with Gasteiger partial charge in [-0.3, -0.25) is 24.8 Å². The van der Waals surface area contributed by atoms with E-state index in [1.54, 1.807) is 0 Å². The number of non-ortho nitro benzene ring substituents is 1. The van der Waals surface area contributed by atoms with Gasteiger partial charge in [-0.2, -0.15) is 8.42 Å². The number of nitrogen functional groups attached to an aromatic ring is 1. The van der Waals surface area contributed by atoms with Crippen molar-refractivity contribution in [3.05, 3.63) is 56.6 Å². The van der Waals surface area contributed by atoms with Crippen molar-refractivity contribution in [1.29, 1.82) is 0 Å². The summed E-state index contributed by atoms with van der Waals surface area (Å²) in [4.78, 5) is 19.3. The van der Waals surface area contributed by atoms with Gasteiger partial charge in [0.05, 0.1) is 15.9 Å². The molecule has 0 fully saturated rings. The van der Waals surface area contributed by atoms with Crippen molar-refractivity contribution in [3.8, 4) is 11.5 Å². The molecule has 0 aliphatic heterocycles. The highest BCUT2D eigenvalue weighted by Gasteiger charge is 2.25. The summed E-state index contributed by atoms with van der Waals surface area (Å²) in [6.07, 6.45) is 0. The van der Waals surface area contributed by atoms with Crippen LogP contribution in [-0.4, -0.2) is 33.0 Å². The number of fused-ring (bicyclic) bond motifs is 1. The molecule has 3 aromatic carbocycles. The smallest absolute Gasteiger partial charge is 0.319 e. The van der Waals surface area contributed by atoms with Crippen molar-refractivity contribution < 1.29 is 33.0 Å². The maximum Gasteiger partial charge on any atom is 0.319 e. The summed E-state index contributed by atoms with van der Waals surface area (Å²) in [5.74, 6) is -1.63. The van der Waals surface area contributed by atoms with E-state index >= 15 is 0 Å². The van der Waals surface area contributed by atoms with Gasteiger partial charge in [-0.25, -0.2) is 0 Å². The number of aromatic hydroxyl groups is 2. The second-order valence-corrected chi connectivity index (χ2v) is 7.46. The third kappa shape index (κ3) is 4.02. The lowest BCUT2D eigenvalue weighted by Gasteiger charge is -2.09. The SMILES string of the molecule is Nc1ccc2c(O)c(N=Nc3cc([N+](=O)[O-])cc([N+](=O)[O-])c3O)cc(S(=O)(=O)O)c2c1. The monoisotopic (exact) mass is 449 g/mol. The molecule has 0 radical (unpaired) electrons. The number of benzene rings is 3. The quantitative estimate of drug-likeness (QED) is 0.146. The van der Waals surface area contributed by atoms with E-state index in [0.29, 0.717) is 12.1 Å². The van der Waals surface area contributed by atoms with E-state index in [-0.39, 0.29) is 16.5 Å². The highest BCUT2D eigenvalue weighted by Crippen LogP contribution is 2.43. The van der Waals surface area contributed by atoms with Crippen molar-refractivity contribution in [1.82, 2.24) is 0 Å². The lowest BCUT2D eigenvalue weighted by molar-refractivity contribution is -0.394. The average molecular weight is 449 g/mol. The minimum atomic E-state index is -4.81. The molecule has 5 N–H and O–H groups in total. The van der Waals surface area contributed by atoms with Crippen LogP contribution in [0.1, 0.15) is 0 Å². The molecule has 14 nitrogen and oxygen atoms in total. The molecule has 3 aromatic rings. The van der Waals surface area contributed by atoms with Gasteiger partial charge in [-0.15, -0.1) is 10.2 Å². The number of phenols is 2. The minimum Gasteiger partial charge on any atom is -0.505 e. The molecular formula is C16H11N5O9S. The highest BCUT2D eigenvalue weighted by molar-refractivity contribution is 7.86. The van der Waals surface area contributed by atoms with E-state index in [2.05, 4.69) is 10.2 Å². The fourth-order valence-electron chi connectivity index (χ4n) is 2.69. The number of rotatable bonds is 5. The maximum atomic E-state index is 11.8. The summed E-state index contributed by atoms with van der Waals surface area (Å²) in [5, 5.41) is 49.2. The second kappa shape index (κ2) is 7.47. The van der Waals surface area contributed by atoms with E-state index in [1.807, 2.05) is 0 Å².